The third kappa shape index (κ3) is 2.13. The molecule has 0 radical (unpaired) electrons. The van der Waals surface area contributed by atoms with Crippen LogP contribution in [0.2, 0.25) is 0 Å². The number of oxazole rings is 1. The van der Waals surface area contributed by atoms with E-state index < -0.39 is 0 Å². The van der Waals surface area contributed by atoms with Crippen LogP contribution in [0.1, 0.15) is 30.8 Å². The van der Waals surface area contributed by atoms with Gasteiger partial charge in [-0.2, -0.15) is 0 Å². The van der Waals surface area contributed by atoms with E-state index in [2.05, 4.69) is 10.3 Å². The summed E-state index contributed by atoms with van der Waals surface area (Å²) in [6.07, 6.45) is 3.65. The van der Waals surface area contributed by atoms with Gasteiger partial charge in [0.25, 0.3) is 0 Å². The van der Waals surface area contributed by atoms with Crippen LogP contribution in [-0.4, -0.2) is 24.1 Å². The van der Waals surface area contributed by atoms with Gasteiger partial charge < -0.3 is 15.5 Å². The predicted molar refractivity (Wildman–Crippen MR) is 54.1 cm³/mol. The highest BCUT2D eigenvalue weighted by Crippen LogP contribution is 2.21. The van der Waals surface area contributed by atoms with E-state index in [-0.39, 0.29) is 6.04 Å². The lowest BCUT2D eigenvalue weighted by atomic mass is 10.1. The number of hydrogen-bond acceptors (Lipinski definition) is 4. The van der Waals surface area contributed by atoms with E-state index in [1.54, 1.807) is 6.26 Å². The maximum absolute atomic E-state index is 5.69. The third-order valence-corrected chi connectivity index (χ3v) is 2.51. The lowest BCUT2D eigenvalue weighted by Gasteiger charge is -2.01. The van der Waals surface area contributed by atoms with Crippen molar-refractivity contribution in [2.45, 2.75) is 31.7 Å². The number of aromatic nitrogens is 1. The van der Waals surface area contributed by atoms with Crippen molar-refractivity contribution < 1.29 is 4.42 Å². The summed E-state index contributed by atoms with van der Waals surface area (Å²) in [5, 5.41) is 3.30. The normalized spacial score (nSPS) is 24.0. The summed E-state index contributed by atoms with van der Waals surface area (Å²) in [4.78, 5) is 4.45. The third-order valence-electron chi connectivity index (χ3n) is 2.51. The van der Waals surface area contributed by atoms with Gasteiger partial charge in [-0.15, -0.1) is 0 Å². The quantitative estimate of drug-likeness (QED) is 0.743. The molecule has 1 aromatic heterocycles. The van der Waals surface area contributed by atoms with Crippen molar-refractivity contribution in [2.24, 2.45) is 5.73 Å². The summed E-state index contributed by atoms with van der Waals surface area (Å²) in [5.74, 6) is 1.32. The van der Waals surface area contributed by atoms with E-state index in [9.17, 15) is 0 Å². The zero-order valence-electron chi connectivity index (χ0n) is 8.49. The number of nitrogens with one attached hydrogen (secondary N) is 1. The minimum absolute atomic E-state index is 0.148. The molecule has 4 nitrogen and oxygen atoms in total. The Morgan fingerprint density at radius 2 is 2.64 bits per heavy atom. The largest absolute Gasteiger partial charge is 0.448 e. The van der Waals surface area contributed by atoms with E-state index in [4.69, 9.17) is 10.2 Å². The highest BCUT2D eigenvalue weighted by molar-refractivity contribution is 5.04. The van der Waals surface area contributed by atoms with Crippen molar-refractivity contribution in [1.29, 1.82) is 0 Å². The average molecular weight is 195 g/mol. The van der Waals surface area contributed by atoms with Gasteiger partial charge in [-0.3, -0.25) is 0 Å². The standard InChI is InChI=1S/C10H17N3O/c1-7(11)4-9-6-14-10(13-9)8-2-3-12-5-8/h6-8,12H,2-5,11H2,1H3. The molecule has 14 heavy (non-hydrogen) atoms. The Labute approximate surface area is 83.9 Å². The minimum Gasteiger partial charge on any atom is -0.448 e. The van der Waals surface area contributed by atoms with Crippen molar-refractivity contribution in [1.82, 2.24) is 10.3 Å². The first kappa shape index (κ1) is 9.68. The Kier molecular flexibility index (Phi) is 2.84. The number of hydrogen-bond donors (Lipinski definition) is 2. The van der Waals surface area contributed by atoms with Gasteiger partial charge in [0.05, 0.1) is 5.69 Å². The summed E-state index contributed by atoms with van der Waals surface area (Å²) in [6.45, 7) is 4.03. The van der Waals surface area contributed by atoms with Gasteiger partial charge in [-0.05, 0) is 19.9 Å². The van der Waals surface area contributed by atoms with Gasteiger partial charge in [0.2, 0.25) is 0 Å². The highest BCUT2D eigenvalue weighted by Gasteiger charge is 2.21. The molecule has 78 valence electrons. The molecule has 1 fully saturated rings. The Hall–Kier alpha value is -0.870. The summed E-state index contributed by atoms with van der Waals surface area (Å²) in [7, 11) is 0. The Bertz CT molecular complexity index is 289. The van der Waals surface area contributed by atoms with Crippen LogP contribution in [-0.2, 0) is 6.42 Å². The van der Waals surface area contributed by atoms with Crippen LogP contribution in [0.4, 0.5) is 0 Å². The van der Waals surface area contributed by atoms with Crippen molar-refractivity contribution in [3.8, 4) is 0 Å². The summed E-state index contributed by atoms with van der Waals surface area (Å²) in [6, 6.07) is 0.148. The maximum atomic E-state index is 5.69. The molecule has 0 saturated carbocycles. The van der Waals surface area contributed by atoms with Crippen LogP contribution in [0.15, 0.2) is 10.7 Å². The number of nitrogens with two attached hydrogens (primary N) is 1. The molecular formula is C10H17N3O. The Balaban J connectivity index is 2.01. The van der Waals surface area contributed by atoms with E-state index in [1.807, 2.05) is 6.92 Å². The molecule has 1 saturated heterocycles. The Morgan fingerprint density at radius 3 is 3.29 bits per heavy atom. The van der Waals surface area contributed by atoms with E-state index in [0.29, 0.717) is 5.92 Å². The molecule has 0 bridgehead atoms. The molecule has 0 aliphatic carbocycles. The summed E-state index contributed by atoms with van der Waals surface area (Å²) < 4.78 is 5.44. The van der Waals surface area contributed by atoms with Gasteiger partial charge in [0.15, 0.2) is 5.89 Å². The number of rotatable bonds is 3. The first-order valence-corrected chi connectivity index (χ1v) is 5.16. The molecule has 0 spiro atoms. The molecule has 3 N–H and O–H groups in total. The average Bonchev–Trinajstić information content (AvgIpc) is 2.69. The fourth-order valence-electron chi connectivity index (χ4n) is 1.80. The molecule has 2 atom stereocenters. The van der Waals surface area contributed by atoms with Crippen molar-refractivity contribution in [2.75, 3.05) is 13.1 Å². The van der Waals surface area contributed by atoms with Crippen LogP contribution >= 0.6 is 0 Å². The predicted octanol–water partition coefficient (Wildman–Crippen LogP) is 0.641. The summed E-state index contributed by atoms with van der Waals surface area (Å²) in [5.41, 5.74) is 6.67. The molecule has 0 amide bonds. The number of nitrogens with zero attached hydrogens (tertiary/aromatic N) is 1. The zero-order valence-corrected chi connectivity index (χ0v) is 8.49. The lowest BCUT2D eigenvalue weighted by Crippen LogP contribution is -2.18. The first-order chi connectivity index (χ1) is 6.75. The molecular weight excluding hydrogens is 178 g/mol. The summed E-state index contributed by atoms with van der Waals surface area (Å²) >= 11 is 0. The SMILES string of the molecule is CC(N)Cc1coc(C2CCNC2)n1. The smallest absolute Gasteiger partial charge is 0.198 e. The molecule has 2 unspecified atom stereocenters. The molecule has 1 aromatic rings. The first-order valence-electron chi connectivity index (χ1n) is 5.16. The Morgan fingerprint density at radius 1 is 1.79 bits per heavy atom. The lowest BCUT2D eigenvalue weighted by molar-refractivity contribution is 0.457. The second kappa shape index (κ2) is 4.11. The van der Waals surface area contributed by atoms with E-state index in [0.717, 1.165) is 37.5 Å². The molecule has 0 aromatic carbocycles. The maximum Gasteiger partial charge on any atom is 0.198 e. The van der Waals surface area contributed by atoms with Gasteiger partial charge in [0.1, 0.15) is 6.26 Å². The van der Waals surface area contributed by atoms with Crippen LogP contribution in [0.25, 0.3) is 0 Å². The van der Waals surface area contributed by atoms with E-state index >= 15 is 0 Å². The topological polar surface area (TPSA) is 64.1 Å². The van der Waals surface area contributed by atoms with Crippen molar-refractivity contribution in [3.63, 3.8) is 0 Å². The van der Waals surface area contributed by atoms with Gasteiger partial charge in [0, 0.05) is 24.9 Å². The van der Waals surface area contributed by atoms with Crippen LogP contribution < -0.4 is 11.1 Å². The van der Waals surface area contributed by atoms with Crippen molar-refractivity contribution >= 4 is 0 Å². The van der Waals surface area contributed by atoms with Gasteiger partial charge in [-0.1, -0.05) is 0 Å². The molecule has 4 heteroatoms. The monoisotopic (exact) mass is 195 g/mol. The fourth-order valence-corrected chi connectivity index (χ4v) is 1.80. The molecule has 2 rings (SSSR count). The second-order valence-corrected chi connectivity index (χ2v) is 4.05. The zero-order chi connectivity index (χ0) is 9.97. The molecule has 2 heterocycles. The van der Waals surface area contributed by atoms with Crippen LogP contribution in [0, 0.1) is 0 Å². The van der Waals surface area contributed by atoms with E-state index in [1.165, 1.54) is 0 Å². The molecule has 1 aliphatic rings. The second-order valence-electron chi connectivity index (χ2n) is 4.05. The minimum atomic E-state index is 0.148. The van der Waals surface area contributed by atoms with Crippen molar-refractivity contribution in [3.05, 3.63) is 17.8 Å². The van der Waals surface area contributed by atoms with Crippen LogP contribution in [0.5, 0.6) is 0 Å². The fraction of sp³-hybridized carbons (Fsp3) is 0.700. The molecule has 1 aliphatic heterocycles. The highest BCUT2D eigenvalue weighted by atomic mass is 16.3. The van der Waals surface area contributed by atoms with Gasteiger partial charge in [-0.25, -0.2) is 4.98 Å². The van der Waals surface area contributed by atoms with Crippen LogP contribution in [0.3, 0.4) is 0 Å². The van der Waals surface area contributed by atoms with Gasteiger partial charge >= 0.3 is 0 Å².